The van der Waals surface area contributed by atoms with E-state index in [1.54, 1.807) is 7.11 Å². The van der Waals surface area contributed by atoms with Gasteiger partial charge in [-0.2, -0.15) is 0 Å². The van der Waals surface area contributed by atoms with Crippen LogP contribution in [0.2, 0.25) is 0 Å². The largest absolute Gasteiger partial charge is 0.385 e. The Balaban J connectivity index is 2.22. The fraction of sp³-hybridized carbons (Fsp3) is 1.00. The Labute approximate surface area is 67.7 Å². The third-order valence-electron chi connectivity index (χ3n) is 2.25. The first kappa shape index (κ1) is 8.35. The van der Waals surface area contributed by atoms with E-state index in [2.05, 4.69) is 0 Å². The first-order chi connectivity index (χ1) is 4.77. The quantitative estimate of drug-likeness (QED) is 0.580. The smallest absolute Gasteiger partial charge is 0.0479 e. The molecule has 0 bridgehead atoms. The van der Waals surface area contributed by atoms with Crippen molar-refractivity contribution in [1.29, 1.82) is 0 Å². The average molecular weight is 163 g/mol. The highest BCUT2D eigenvalue weighted by molar-refractivity contribution is 6.24. The van der Waals surface area contributed by atoms with E-state index in [1.165, 1.54) is 25.7 Å². The van der Waals surface area contributed by atoms with E-state index in [1.807, 2.05) is 0 Å². The maximum atomic E-state index is 6.27. The molecular formula is C8H15ClO. The topological polar surface area (TPSA) is 9.23 Å². The minimum atomic E-state index is 0.0933. The Hall–Kier alpha value is 0.250. The van der Waals surface area contributed by atoms with Crippen molar-refractivity contribution in [2.45, 2.75) is 37.0 Å². The molecule has 0 heterocycles. The predicted molar refractivity (Wildman–Crippen MR) is 43.5 cm³/mol. The molecule has 0 atom stereocenters. The molecular weight excluding hydrogens is 148 g/mol. The summed E-state index contributed by atoms with van der Waals surface area (Å²) in [6.45, 7) is 0.809. The van der Waals surface area contributed by atoms with Crippen molar-refractivity contribution >= 4 is 11.6 Å². The number of alkyl halides is 1. The fourth-order valence-corrected chi connectivity index (χ4v) is 1.89. The molecule has 0 aromatic heterocycles. The zero-order chi connectivity index (χ0) is 7.45. The molecule has 0 aromatic carbocycles. The summed E-state index contributed by atoms with van der Waals surface area (Å²) < 4.78 is 4.98. The number of hydrogen-bond donors (Lipinski definition) is 0. The third kappa shape index (κ3) is 2.14. The molecule has 0 aliphatic heterocycles. The van der Waals surface area contributed by atoms with E-state index >= 15 is 0 Å². The second-order valence-corrected chi connectivity index (χ2v) is 3.90. The van der Waals surface area contributed by atoms with Crippen molar-refractivity contribution in [2.75, 3.05) is 13.7 Å². The lowest BCUT2D eigenvalue weighted by atomic mass is 10.0. The highest BCUT2D eigenvalue weighted by atomic mass is 35.5. The highest BCUT2D eigenvalue weighted by Crippen LogP contribution is 2.38. The normalized spacial score (nSPS) is 23.4. The van der Waals surface area contributed by atoms with Gasteiger partial charge in [0, 0.05) is 18.6 Å². The lowest BCUT2D eigenvalue weighted by Crippen LogP contribution is -2.18. The van der Waals surface area contributed by atoms with Crippen molar-refractivity contribution in [3.05, 3.63) is 0 Å². The van der Waals surface area contributed by atoms with Gasteiger partial charge in [-0.1, -0.05) is 12.8 Å². The van der Waals surface area contributed by atoms with Crippen molar-refractivity contribution in [2.24, 2.45) is 0 Å². The molecule has 0 amide bonds. The Morgan fingerprint density at radius 3 is 2.50 bits per heavy atom. The van der Waals surface area contributed by atoms with Crippen molar-refractivity contribution in [1.82, 2.24) is 0 Å². The third-order valence-corrected chi connectivity index (χ3v) is 2.82. The molecule has 1 aliphatic carbocycles. The number of ether oxygens (including phenoxy) is 1. The first-order valence-electron chi connectivity index (χ1n) is 3.95. The summed E-state index contributed by atoms with van der Waals surface area (Å²) in [5.74, 6) is 0. The molecule has 10 heavy (non-hydrogen) atoms. The first-order valence-corrected chi connectivity index (χ1v) is 4.32. The average Bonchev–Trinajstić information content (AvgIpc) is 2.33. The van der Waals surface area contributed by atoms with Crippen molar-refractivity contribution in [3.8, 4) is 0 Å². The summed E-state index contributed by atoms with van der Waals surface area (Å²) >= 11 is 6.27. The predicted octanol–water partition coefficient (Wildman–Crippen LogP) is 2.57. The molecule has 0 saturated heterocycles. The van der Waals surface area contributed by atoms with Gasteiger partial charge in [0.05, 0.1) is 0 Å². The molecule has 0 N–H and O–H groups in total. The zero-order valence-electron chi connectivity index (χ0n) is 6.53. The lowest BCUT2D eigenvalue weighted by molar-refractivity contribution is 0.183. The minimum absolute atomic E-state index is 0.0933. The van der Waals surface area contributed by atoms with Gasteiger partial charge in [-0.15, -0.1) is 11.6 Å². The van der Waals surface area contributed by atoms with Gasteiger partial charge in [-0.3, -0.25) is 0 Å². The van der Waals surface area contributed by atoms with Crippen LogP contribution >= 0.6 is 11.6 Å². The van der Waals surface area contributed by atoms with Crippen LogP contribution in [0.3, 0.4) is 0 Å². The lowest BCUT2D eigenvalue weighted by Gasteiger charge is -2.19. The monoisotopic (exact) mass is 162 g/mol. The molecule has 0 unspecified atom stereocenters. The van der Waals surface area contributed by atoms with Gasteiger partial charge in [0.1, 0.15) is 0 Å². The van der Waals surface area contributed by atoms with Crippen LogP contribution in [0.5, 0.6) is 0 Å². The van der Waals surface area contributed by atoms with Gasteiger partial charge < -0.3 is 4.74 Å². The van der Waals surface area contributed by atoms with Crippen LogP contribution in [-0.4, -0.2) is 18.6 Å². The standard InChI is InChI=1S/C8H15ClO/c1-10-7-6-8(9)4-2-3-5-8/h2-7H2,1H3. The van der Waals surface area contributed by atoms with Crippen molar-refractivity contribution in [3.63, 3.8) is 0 Å². The maximum Gasteiger partial charge on any atom is 0.0479 e. The molecule has 0 spiro atoms. The summed E-state index contributed by atoms with van der Waals surface area (Å²) in [5, 5.41) is 0. The summed E-state index contributed by atoms with van der Waals surface area (Å²) in [6.07, 6.45) is 5.97. The Kier molecular flexibility index (Phi) is 2.99. The van der Waals surface area contributed by atoms with E-state index in [0.29, 0.717) is 0 Å². The van der Waals surface area contributed by atoms with Crippen LogP contribution in [0.1, 0.15) is 32.1 Å². The van der Waals surface area contributed by atoms with Gasteiger partial charge in [0.15, 0.2) is 0 Å². The number of halogens is 1. The molecule has 1 nitrogen and oxygen atoms in total. The van der Waals surface area contributed by atoms with Crippen LogP contribution in [0.25, 0.3) is 0 Å². The summed E-state index contributed by atoms with van der Waals surface area (Å²) in [4.78, 5) is 0.0933. The maximum absolute atomic E-state index is 6.27. The van der Waals surface area contributed by atoms with E-state index in [4.69, 9.17) is 16.3 Å². The molecule has 0 radical (unpaired) electrons. The highest BCUT2D eigenvalue weighted by Gasteiger charge is 2.30. The Morgan fingerprint density at radius 2 is 2.00 bits per heavy atom. The summed E-state index contributed by atoms with van der Waals surface area (Å²) in [6, 6.07) is 0. The van der Waals surface area contributed by atoms with E-state index < -0.39 is 0 Å². The number of hydrogen-bond acceptors (Lipinski definition) is 1. The van der Waals surface area contributed by atoms with Crippen LogP contribution in [0.4, 0.5) is 0 Å². The molecule has 1 saturated carbocycles. The van der Waals surface area contributed by atoms with E-state index in [0.717, 1.165) is 13.0 Å². The zero-order valence-corrected chi connectivity index (χ0v) is 7.28. The van der Waals surface area contributed by atoms with Crippen LogP contribution in [-0.2, 0) is 4.74 Å². The molecule has 1 aliphatic rings. The SMILES string of the molecule is COCCC1(Cl)CCCC1. The van der Waals surface area contributed by atoms with Crippen LogP contribution < -0.4 is 0 Å². The number of methoxy groups -OCH3 is 1. The molecule has 60 valence electrons. The van der Waals surface area contributed by atoms with E-state index in [9.17, 15) is 0 Å². The number of rotatable bonds is 3. The fourth-order valence-electron chi connectivity index (χ4n) is 1.54. The van der Waals surface area contributed by atoms with Crippen LogP contribution in [0, 0.1) is 0 Å². The van der Waals surface area contributed by atoms with Gasteiger partial charge in [-0.05, 0) is 19.3 Å². The molecule has 2 heteroatoms. The summed E-state index contributed by atoms with van der Waals surface area (Å²) in [7, 11) is 1.73. The van der Waals surface area contributed by atoms with Crippen molar-refractivity contribution < 1.29 is 4.74 Å². The van der Waals surface area contributed by atoms with E-state index in [-0.39, 0.29) is 4.87 Å². The molecule has 1 rings (SSSR count). The van der Waals surface area contributed by atoms with Gasteiger partial charge in [0.2, 0.25) is 0 Å². The second kappa shape index (κ2) is 3.59. The Bertz CT molecular complexity index is 97.4. The Morgan fingerprint density at radius 1 is 1.40 bits per heavy atom. The minimum Gasteiger partial charge on any atom is -0.385 e. The van der Waals surface area contributed by atoms with Crippen LogP contribution in [0.15, 0.2) is 0 Å². The van der Waals surface area contributed by atoms with Gasteiger partial charge in [-0.25, -0.2) is 0 Å². The summed E-state index contributed by atoms with van der Waals surface area (Å²) in [5.41, 5.74) is 0. The van der Waals surface area contributed by atoms with Gasteiger partial charge >= 0.3 is 0 Å². The second-order valence-electron chi connectivity index (χ2n) is 3.10. The molecule has 1 fully saturated rings. The molecule has 0 aromatic rings. The van der Waals surface area contributed by atoms with Gasteiger partial charge in [0.25, 0.3) is 0 Å².